The Hall–Kier alpha value is -2.90. The summed E-state index contributed by atoms with van der Waals surface area (Å²) in [6.07, 6.45) is 1.54. The molecule has 25 heavy (non-hydrogen) atoms. The number of nitrogens with one attached hydrogen (secondary N) is 1. The van der Waals surface area contributed by atoms with Gasteiger partial charge in [0.1, 0.15) is 5.56 Å². The summed E-state index contributed by atoms with van der Waals surface area (Å²) in [6, 6.07) is 7.69. The third kappa shape index (κ3) is 5.03. The molecule has 1 heterocycles. The number of pyridine rings is 1. The van der Waals surface area contributed by atoms with Crippen LogP contribution in [0.25, 0.3) is 0 Å². The van der Waals surface area contributed by atoms with Crippen molar-refractivity contribution in [3.63, 3.8) is 0 Å². The second kappa shape index (κ2) is 8.81. The Bertz CT molecular complexity index is 726. The number of carbonyl (C=O) groups is 1. The minimum Gasteiger partial charge on any atom is -0.493 e. The highest BCUT2D eigenvalue weighted by Gasteiger charge is 2.14. The molecule has 1 amide bonds. The smallest absolute Gasteiger partial charge is 0.387 e. The predicted molar refractivity (Wildman–Crippen MR) is 86.2 cm³/mol. The van der Waals surface area contributed by atoms with Crippen molar-refractivity contribution >= 4 is 5.91 Å². The number of amides is 1. The van der Waals surface area contributed by atoms with Crippen LogP contribution >= 0.6 is 0 Å². The summed E-state index contributed by atoms with van der Waals surface area (Å²) in [7, 11) is 1.35. The second-order valence-electron chi connectivity index (χ2n) is 4.84. The molecule has 0 aliphatic carbocycles. The molecule has 0 atom stereocenters. The van der Waals surface area contributed by atoms with E-state index in [2.05, 4.69) is 15.0 Å². The molecule has 2 aromatic rings. The molecule has 0 saturated carbocycles. The van der Waals surface area contributed by atoms with Crippen molar-refractivity contribution in [3.05, 3.63) is 47.7 Å². The lowest BCUT2D eigenvalue weighted by Gasteiger charge is -2.12. The number of halogens is 2. The molecular weight excluding hydrogens is 334 g/mol. The summed E-state index contributed by atoms with van der Waals surface area (Å²) in [5.74, 6) is -0.0221. The van der Waals surface area contributed by atoms with E-state index in [9.17, 15) is 13.6 Å². The molecule has 0 saturated heterocycles. The highest BCUT2D eigenvalue weighted by molar-refractivity contribution is 5.96. The van der Waals surface area contributed by atoms with Crippen LogP contribution in [-0.2, 0) is 6.54 Å². The first-order valence-electron chi connectivity index (χ1n) is 7.52. The van der Waals surface area contributed by atoms with Gasteiger partial charge in [0.25, 0.3) is 5.91 Å². The molecule has 1 N–H and O–H groups in total. The molecular formula is C17H18F2N2O4. The van der Waals surface area contributed by atoms with Crippen LogP contribution in [0, 0.1) is 0 Å². The molecule has 1 aromatic carbocycles. The molecule has 0 fully saturated rings. The molecule has 1 aromatic heterocycles. The van der Waals surface area contributed by atoms with Gasteiger partial charge in [-0.3, -0.25) is 4.79 Å². The number of ether oxygens (including phenoxy) is 3. The Balaban J connectivity index is 2.07. The number of hydrogen-bond donors (Lipinski definition) is 1. The Kier molecular flexibility index (Phi) is 6.50. The molecule has 0 radical (unpaired) electrons. The van der Waals surface area contributed by atoms with Crippen molar-refractivity contribution in [3.8, 4) is 17.4 Å². The van der Waals surface area contributed by atoms with Crippen molar-refractivity contribution in [1.29, 1.82) is 0 Å². The van der Waals surface area contributed by atoms with Gasteiger partial charge < -0.3 is 19.5 Å². The fourth-order valence-corrected chi connectivity index (χ4v) is 2.11. The molecule has 6 nitrogen and oxygen atoms in total. The fourth-order valence-electron chi connectivity index (χ4n) is 2.11. The molecule has 0 aliphatic heterocycles. The SMILES string of the molecule is CCOc1ncccc1C(=O)NCc1ccc(OC(F)F)c(OC)c1. The van der Waals surface area contributed by atoms with Crippen LogP contribution in [0.3, 0.4) is 0 Å². The van der Waals surface area contributed by atoms with Crippen LogP contribution in [0.5, 0.6) is 17.4 Å². The number of alkyl halides is 2. The number of nitrogens with zero attached hydrogens (tertiary/aromatic N) is 1. The number of methoxy groups -OCH3 is 1. The van der Waals surface area contributed by atoms with Crippen molar-refractivity contribution in [2.75, 3.05) is 13.7 Å². The van der Waals surface area contributed by atoms with E-state index in [-0.39, 0.29) is 29.8 Å². The van der Waals surface area contributed by atoms with Crippen LogP contribution in [0.4, 0.5) is 8.78 Å². The lowest BCUT2D eigenvalue weighted by Crippen LogP contribution is -2.23. The quantitative estimate of drug-likeness (QED) is 0.791. The summed E-state index contributed by atoms with van der Waals surface area (Å²) in [5.41, 5.74) is 0.975. The summed E-state index contributed by atoms with van der Waals surface area (Å²) < 4.78 is 39.4. The second-order valence-corrected chi connectivity index (χ2v) is 4.84. The van der Waals surface area contributed by atoms with Gasteiger partial charge in [-0.1, -0.05) is 6.07 Å². The number of aromatic nitrogens is 1. The van der Waals surface area contributed by atoms with E-state index >= 15 is 0 Å². The van der Waals surface area contributed by atoms with Crippen LogP contribution < -0.4 is 19.5 Å². The maximum absolute atomic E-state index is 12.3. The number of carbonyl (C=O) groups excluding carboxylic acids is 1. The molecule has 8 heteroatoms. The maximum Gasteiger partial charge on any atom is 0.387 e. The number of benzene rings is 1. The van der Waals surface area contributed by atoms with Gasteiger partial charge in [0.2, 0.25) is 5.88 Å². The maximum atomic E-state index is 12.3. The van der Waals surface area contributed by atoms with E-state index in [4.69, 9.17) is 9.47 Å². The molecule has 0 spiro atoms. The van der Waals surface area contributed by atoms with E-state index in [1.54, 1.807) is 25.1 Å². The third-order valence-electron chi connectivity index (χ3n) is 3.19. The Morgan fingerprint density at radius 2 is 2.08 bits per heavy atom. The highest BCUT2D eigenvalue weighted by Crippen LogP contribution is 2.29. The van der Waals surface area contributed by atoms with Gasteiger partial charge in [-0.25, -0.2) is 4.98 Å². The summed E-state index contributed by atoms with van der Waals surface area (Å²) >= 11 is 0. The zero-order valence-corrected chi connectivity index (χ0v) is 13.8. The monoisotopic (exact) mass is 352 g/mol. The molecule has 2 rings (SSSR count). The third-order valence-corrected chi connectivity index (χ3v) is 3.19. The van der Waals surface area contributed by atoms with Gasteiger partial charge in [0, 0.05) is 12.7 Å². The van der Waals surface area contributed by atoms with Crippen molar-refractivity contribution in [2.24, 2.45) is 0 Å². The van der Waals surface area contributed by atoms with Crippen molar-refractivity contribution < 1.29 is 27.8 Å². The van der Waals surface area contributed by atoms with Gasteiger partial charge in [0.15, 0.2) is 11.5 Å². The van der Waals surface area contributed by atoms with Crippen LogP contribution in [0.1, 0.15) is 22.8 Å². The minimum absolute atomic E-state index is 0.0709. The Morgan fingerprint density at radius 1 is 1.28 bits per heavy atom. The minimum atomic E-state index is -2.94. The molecule has 134 valence electrons. The van der Waals surface area contributed by atoms with E-state index in [0.29, 0.717) is 17.7 Å². The predicted octanol–water partition coefficient (Wildman–Crippen LogP) is 3.02. The number of hydrogen-bond acceptors (Lipinski definition) is 5. The van der Waals surface area contributed by atoms with Crippen LogP contribution in [-0.4, -0.2) is 31.2 Å². The molecule has 0 bridgehead atoms. The lowest BCUT2D eigenvalue weighted by atomic mass is 10.2. The summed E-state index contributed by atoms with van der Waals surface area (Å²) in [5, 5.41) is 2.72. The topological polar surface area (TPSA) is 69.7 Å². The summed E-state index contributed by atoms with van der Waals surface area (Å²) in [6.45, 7) is -0.585. The normalized spacial score (nSPS) is 10.4. The fraction of sp³-hybridized carbons (Fsp3) is 0.294. The zero-order chi connectivity index (χ0) is 18.2. The highest BCUT2D eigenvalue weighted by atomic mass is 19.3. The van der Waals surface area contributed by atoms with Crippen LogP contribution in [0.2, 0.25) is 0 Å². The average molecular weight is 352 g/mol. The van der Waals surface area contributed by atoms with E-state index < -0.39 is 6.61 Å². The van der Waals surface area contributed by atoms with E-state index in [1.165, 1.54) is 25.4 Å². The first-order chi connectivity index (χ1) is 12.0. The van der Waals surface area contributed by atoms with Gasteiger partial charge >= 0.3 is 6.61 Å². The zero-order valence-electron chi connectivity index (χ0n) is 13.8. The first kappa shape index (κ1) is 18.4. The molecule has 0 aliphatic rings. The Labute approximate surface area is 143 Å². The summed E-state index contributed by atoms with van der Waals surface area (Å²) in [4.78, 5) is 16.3. The van der Waals surface area contributed by atoms with Gasteiger partial charge in [-0.05, 0) is 36.8 Å². The first-order valence-corrected chi connectivity index (χ1v) is 7.52. The van der Waals surface area contributed by atoms with Crippen molar-refractivity contribution in [1.82, 2.24) is 10.3 Å². The number of rotatable bonds is 8. The van der Waals surface area contributed by atoms with E-state index in [1.807, 2.05) is 0 Å². The standard InChI is InChI=1S/C17H18F2N2O4/c1-3-24-16-12(5-4-8-20-16)15(22)21-10-11-6-7-13(25-17(18)19)14(9-11)23-2/h4-9,17H,3,10H2,1-2H3,(H,21,22). The largest absolute Gasteiger partial charge is 0.493 e. The van der Waals surface area contributed by atoms with E-state index in [0.717, 1.165) is 0 Å². The van der Waals surface area contributed by atoms with Crippen LogP contribution in [0.15, 0.2) is 36.5 Å². The lowest BCUT2D eigenvalue weighted by molar-refractivity contribution is -0.0512. The van der Waals surface area contributed by atoms with Gasteiger partial charge in [-0.2, -0.15) is 8.78 Å². The van der Waals surface area contributed by atoms with Crippen molar-refractivity contribution in [2.45, 2.75) is 20.1 Å². The average Bonchev–Trinajstić information content (AvgIpc) is 2.61. The van der Waals surface area contributed by atoms with Gasteiger partial charge in [-0.15, -0.1) is 0 Å². The molecule has 0 unspecified atom stereocenters. The van der Waals surface area contributed by atoms with Gasteiger partial charge in [0.05, 0.1) is 13.7 Å². The Morgan fingerprint density at radius 3 is 2.76 bits per heavy atom.